The Morgan fingerprint density at radius 1 is 1.53 bits per heavy atom. The molecule has 1 heterocycles. The van der Waals surface area contributed by atoms with Crippen LogP contribution in [-0.4, -0.2) is 39.7 Å². The third-order valence-electron chi connectivity index (χ3n) is 3.49. The number of β-amino-alcohol motifs (C(OH)–C–C–N with tert-alkyl or cyclic N) is 1. The van der Waals surface area contributed by atoms with E-state index in [1.807, 2.05) is 31.2 Å². The van der Waals surface area contributed by atoms with Gasteiger partial charge in [-0.3, -0.25) is 4.90 Å². The standard InChI is InChI=1S/C14H21N3O2/c1-14(18)6-3-7-17(10-14)9-11-4-2-5-12(8-11)13(15)16-19/h2,4-5,8,18-19H,3,6-7,9-10H2,1H3,(H2,15,16). The van der Waals surface area contributed by atoms with Gasteiger partial charge in [0.15, 0.2) is 5.84 Å². The van der Waals surface area contributed by atoms with Crippen molar-refractivity contribution in [3.8, 4) is 0 Å². The van der Waals surface area contributed by atoms with Gasteiger partial charge in [-0.25, -0.2) is 0 Å². The largest absolute Gasteiger partial charge is 0.409 e. The molecule has 1 saturated heterocycles. The fourth-order valence-corrected chi connectivity index (χ4v) is 2.60. The van der Waals surface area contributed by atoms with Crippen molar-refractivity contribution in [2.24, 2.45) is 10.9 Å². The first kappa shape index (κ1) is 13.8. The van der Waals surface area contributed by atoms with Crippen LogP contribution in [0.15, 0.2) is 29.4 Å². The summed E-state index contributed by atoms with van der Waals surface area (Å²) in [4.78, 5) is 2.23. The van der Waals surface area contributed by atoms with Crippen molar-refractivity contribution in [1.82, 2.24) is 4.90 Å². The molecule has 0 spiro atoms. The molecule has 5 heteroatoms. The van der Waals surface area contributed by atoms with Crippen LogP contribution in [-0.2, 0) is 6.54 Å². The summed E-state index contributed by atoms with van der Waals surface area (Å²) < 4.78 is 0. The van der Waals surface area contributed by atoms with Crippen LogP contribution in [0.1, 0.15) is 30.9 Å². The number of benzene rings is 1. The summed E-state index contributed by atoms with van der Waals surface area (Å²) in [6, 6.07) is 7.63. The fourth-order valence-electron chi connectivity index (χ4n) is 2.60. The van der Waals surface area contributed by atoms with E-state index < -0.39 is 5.60 Å². The van der Waals surface area contributed by atoms with Crippen LogP contribution in [0.4, 0.5) is 0 Å². The Morgan fingerprint density at radius 2 is 2.32 bits per heavy atom. The first-order chi connectivity index (χ1) is 9.00. The van der Waals surface area contributed by atoms with E-state index in [1.165, 1.54) is 0 Å². The molecule has 1 aromatic rings. The summed E-state index contributed by atoms with van der Waals surface area (Å²) in [7, 11) is 0. The molecule has 104 valence electrons. The van der Waals surface area contributed by atoms with Crippen LogP contribution < -0.4 is 5.73 Å². The van der Waals surface area contributed by atoms with Crippen molar-refractivity contribution < 1.29 is 10.3 Å². The maximum Gasteiger partial charge on any atom is 0.170 e. The molecule has 1 atom stereocenters. The van der Waals surface area contributed by atoms with Crippen LogP contribution in [0.2, 0.25) is 0 Å². The number of rotatable bonds is 3. The lowest BCUT2D eigenvalue weighted by Crippen LogP contribution is -2.45. The normalized spacial score (nSPS) is 25.5. The first-order valence-corrected chi connectivity index (χ1v) is 6.52. The Kier molecular flexibility index (Phi) is 4.07. The van der Waals surface area contributed by atoms with E-state index in [4.69, 9.17) is 10.9 Å². The van der Waals surface area contributed by atoms with Gasteiger partial charge in [-0.15, -0.1) is 0 Å². The third kappa shape index (κ3) is 3.68. The fraction of sp³-hybridized carbons (Fsp3) is 0.500. The van der Waals surface area contributed by atoms with E-state index in [2.05, 4.69) is 10.1 Å². The van der Waals surface area contributed by atoms with Crippen molar-refractivity contribution in [1.29, 1.82) is 0 Å². The SMILES string of the molecule is CC1(O)CCCN(Cc2cccc(/C(N)=N/O)c2)C1. The number of amidine groups is 1. The zero-order chi connectivity index (χ0) is 13.9. The van der Waals surface area contributed by atoms with Crippen LogP contribution in [0.25, 0.3) is 0 Å². The number of piperidine rings is 1. The minimum Gasteiger partial charge on any atom is -0.409 e. The molecule has 0 radical (unpaired) electrons. The van der Waals surface area contributed by atoms with Gasteiger partial charge in [0.1, 0.15) is 0 Å². The Hall–Kier alpha value is -1.59. The molecule has 1 aromatic carbocycles. The number of hydrogen-bond donors (Lipinski definition) is 3. The van der Waals surface area contributed by atoms with Crippen molar-refractivity contribution >= 4 is 5.84 Å². The summed E-state index contributed by atoms with van der Waals surface area (Å²) in [5, 5.41) is 21.8. The molecule has 19 heavy (non-hydrogen) atoms. The Balaban J connectivity index is 2.07. The molecule has 1 unspecified atom stereocenters. The predicted molar refractivity (Wildman–Crippen MR) is 74.1 cm³/mol. The van der Waals surface area contributed by atoms with Crippen LogP contribution in [0.5, 0.6) is 0 Å². The first-order valence-electron chi connectivity index (χ1n) is 6.52. The minimum atomic E-state index is -0.596. The number of nitrogens with zero attached hydrogens (tertiary/aromatic N) is 2. The summed E-state index contributed by atoms with van der Waals surface area (Å²) in [6.07, 6.45) is 1.86. The van der Waals surface area contributed by atoms with Gasteiger partial charge in [-0.2, -0.15) is 0 Å². The molecule has 5 nitrogen and oxygen atoms in total. The molecule has 1 fully saturated rings. The van der Waals surface area contributed by atoms with Gasteiger partial charge in [0, 0.05) is 18.7 Å². The Bertz CT molecular complexity index is 472. The highest BCUT2D eigenvalue weighted by Gasteiger charge is 2.28. The van der Waals surface area contributed by atoms with Gasteiger partial charge in [0.2, 0.25) is 0 Å². The maximum absolute atomic E-state index is 10.1. The number of oxime groups is 1. The van der Waals surface area contributed by atoms with Crippen molar-refractivity contribution in [3.63, 3.8) is 0 Å². The summed E-state index contributed by atoms with van der Waals surface area (Å²) in [6.45, 7) is 4.32. The summed E-state index contributed by atoms with van der Waals surface area (Å²) in [5.74, 6) is 0.118. The lowest BCUT2D eigenvalue weighted by molar-refractivity contribution is -0.0181. The number of nitrogens with two attached hydrogens (primary N) is 1. The Morgan fingerprint density at radius 3 is 3.00 bits per heavy atom. The van der Waals surface area contributed by atoms with Crippen LogP contribution >= 0.6 is 0 Å². The monoisotopic (exact) mass is 263 g/mol. The van der Waals surface area contributed by atoms with Gasteiger partial charge in [0.05, 0.1) is 5.60 Å². The molecular weight excluding hydrogens is 242 g/mol. The second-order valence-corrected chi connectivity index (χ2v) is 5.50. The van der Waals surface area contributed by atoms with E-state index >= 15 is 0 Å². The highest BCUT2D eigenvalue weighted by molar-refractivity contribution is 5.97. The third-order valence-corrected chi connectivity index (χ3v) is 3.49. The molecular formula is C14H21N3O2. The highest BCUT2D eigenvalue weighted by atomic mass is 16.4. The van der Waals surface area contributed by atoms with Crippen molar-refractivity contribution in [2.75, 3.05) is 13.1 Å². The quantitative estimate of drug-likeness (QED) is 0.330. The number of likely N-dealkylation sites (tertiary alicyclic amines) is 1. The minimum absolute atomic E-state index is 0.118. The number of aliphatic hydroxyl groups is 1. The van der Waals surface area contributed by atoms with E-state index in [0.29, 0.717) is 12.1 Å². The van der Waals surface area contributed by atoms with Gasteiger partial charge in [0.25, 0.3) is 0 Å². The topological polar surface area (TPSA) is 82.1 Å². The van der Waals surface area contributed by atoms with Gasteiger partial charge >= 0.3 is 0 Å². The molecule has 1 aliphatic rings. The van der Waals surface area contributed by atoms with E-state index in [-0.39, 0.29) is 5.84 Å². The smallest absolute Gasteiger partial charge is 0.170 e. The van der Waals surface area contributed by atoms with Crippen molar-refractivity contribution in [3.05, 3.63) is 35.4 Å². The Labute approximate surface area is 113 Å². The van der Waals surface area contributed by atoms with Crippen LogP contribution in [0, 0.1) is 0 Å². The lowest BCUT2D eigenvalue weighted by Gasteiger charge is -2.36. The van der Waals surface area contributed by atoms with E-state index in [9.17, 15) is 5.11 Å². The van der Waals surface area contributed by atoms with Crippen molar-refractivity contribution in [2.45, 2.75) is 31.9 Å². The highest BCUT2D eigenvalue weighted by Crippen LogP contribution is 2.22. The average molecular weight is 263 g/mol. The lowest BCUT2D eigenvalue weighted by atomic mass is 9.95. The van der Waals surface area contributed by atoms with E-state index in [1.54, 1.807) is 0 Å². The maximum atomic E-state index is 10.1. The molecule has 0 aromatic heterocycles. The molecule has 4 N–H and O–H groups in total. The molecule has 2 rings (SSSR count). The van der Waals surface area contributed by atoms with E-state index in [0.717, 1.165) is 31.5 Å². The predicted octanol–water partition coefficient (Wildman–Crippen LogP) is 1.13. The van der Waals surface area contributed by atoms with Gasteiger partial charge in [-0.05, 0) is 37.9 Å². The van der Waals surface area contributed by atoms with Gasteiger partial charge < -0.3 is 16.0 Å². The average Bonchev–Trinajstić information content (AvgIpc) is 2.37. The second kappa shape index (κ2) is 5.59. The molecule has 1 aliphatic heterocycles. The molecule has 0 saturated carbocycles. The summed E-state index contributed by atoms with van der Waals surface area (Å²) in [5.41, 5.74) is 6.80. The second-order valence-electron chi connectivity index (χ2n) is 5.50. The zero-order valence-corrected chi connectivity index (χ0v) is 11.2. The molecule has 0 bridgehead atoms. The molecule has 0 amide bonds. The van der Waals surface area contributed by atoms with Gasteiger partial charge in [-0.1, -0.05) is 23.4 Å². The zero-order valence-electron chi connectivity index (χ0n) is 11.2. The number of hydrogen-bond acceptors (Lipinski definition) is 4. The summed E-state index contributed by atoms with van der Waals surface area (Å²) >= 11 is 0. The molecule has 0 aliphatic carbocycles. The van der Waals surface area contributed by atoms with Crippen LogP contribution in [0.3, 0.4) is 0 Å².